The molecule has 2 aliphatic rings. The number of nitrogens with one attached hydrogen (secondary N) is 1. The van der Waals surface area contributed by atoms with E-state index in [1.165, 1.54) is 32.1 Å². The van der Waals surface area contributed by atoms with Crippen LogP contribution in [0.2, 0.25) is 0 Å². The zero-order valence-corrected chi connectivity index (χ0v) is 17.2. The number of carbonyl (C=O) groups excluding carboxylic acids is 2. The summed E-state index contributed by atoms with van der Waals surface area (Å²) < 4.78 is 5.82. The molecule has 2 amide bonds. The molecule has 1 saturated carbocycles. The third-order valence-corrected chi connectivity index (χ3v) is 5.71. The van der Waals surface area contributed by atoms with Crippen LogP contribution < -0.4 is 10.1 Å². The second kappa shape index (κ2) is 9.92. The van der Waals surface area contributed by atoms with Gasteiger partial charge in [0.2, 0.25) is 5.91 Å². The van der Waals surface area contributed by atoms with Gasteiger partial charge in [0.25, 0.3) is 5.91 Å². The highest BCUT2D eigenvalue weighted by Gasteiger charge is 2.22. The maximum atomic E-state index is 12.9. The Balaban J connectivity index is 1.56. The fourth-order valence-corrected chi connectivity index (χ4v) is 4.01. The minimum absolute atomic E-state index is 0.0515. The van der Waals surface area contributed by atoms with Crippen LogP contribution in [0.25, 0.3) is 0 Å². The van der Waals surface area contributed by atoms with Gasteiger partial charge in [0.05, 0.1) is 0 Å². The zero-order valence-electron chi connectivity index (χ0n) is 17.2. The van der Waals surface area contributed by atoms with Crippen molar-refractivity contribution >= 4 is 17.5 Å². The summed E-state index contributed by atoms with van der Waals surface area (Å²) in [4.78, 5) is 28.4. The Morgan fingerprint density at radius 3 is 2.68 bits per heavy atom. The average Bonchev–Trinajstić information content (AvgIpc) is 2.69. The lowest BCUT2D eigenvalue weighted by Crippen LogP contribution is -2.42. The van der Waals surface area contributed by atoms with E-state index in [0.29, 0.717) is 24.5 Å². The van der Waals surface area contributed by atoms with Crippen molar-refractivity contribution in [3.05, 3.63) is 23.8 Å². The van der Waals surface area contributed by atoms with Crippen LogP contribution >= 0.6 is 0 Å². The average molecular weight is 388 g/mol. The number of anilines is 1. The smallest absolute Gasteiger partial charge is 0.260 e. The van der Waals surface area contributed by atoms with Crippen LogP contribution in [0.1, 0.15) is 44.1 Å². The van der Waals surface area contributed by atoms with Gasteiger partial charge in [0, 0.05) is 31.7 Å². The van der Waals surface area contributed by atoms with E-state index in [1.807, 2.05) is 37.2 Å². The molecule has 1 fully saturated rings. The Hall–Kier alpha value is -2.08. The molecule has 154 valence electrons. The molecule has 1 aliphatic carbocycles. The van der Waals surface area contributed by atoms with Gasteiger partial charge in [-0.2, -0.15) is 0 Å². The molecule has 3 rings (SSSR count). The number of fused-ring (bicyclic) bond motifs is 1. The molecule has 6 heteroatoms. The molecule has 0 atom stereocenters. The second-order valence-electron chi connectivity index (χ2n) is 8.30. The number of benzene rings is 1. The Labute approximate surface area is 168 Å². The molecule has 6 nitrogen and oxygen atoms in total. The van der Waals surface area contributed by atoms with E-state index < -0.39 is 0 Å². The van der Waals surface area contributed by atoms with Gasteiger partial charge in [-0.25, -0.2) is 0 Å². The molecule has 0 spiro atoms. The van der Waals surface area contributed by atoms with Crippen molar-refractivity contribution in [2.75, 3.05) is 45.7 Å². The van der Waals surface area contributed by atoms with Gasteiger partial charge in [-0.1, -0.05) is 19.3 Å². The number of likely N-dealkylation sites (N-methyl/N-ethyl adjacent to an activating group) is 1. The first-order chi connectivity index (χ1) is 13.5. The van der Waals surface area contributed by atoms with Crippen molar-refractivity contribution in [3.8, 4) is 5.75 Å². The topological polar surface area (TPSA) is 61.9 Å². The Morgan fingerprint density at radius 1 is 1.14 bits per heavy atom. The normalized spacial score (nSPS) is 17.2. The summed E-state index contributed by atoms with van der Waals surface area (Å²) in [6, 6.07) is 5.62. The van der Waals surface area contributed by atoms with E-state index in [-0.39, 0.29) is 18.4 Å². The van der Waals surface area contributed by atoms with Crippen LogP contribution in [0, 0.1) is 5.92 Å². The molecular weight excluding hydrogens is 354 g/mol. The van der Waals surface area contributed by atoms with Gasteiger partial charge < -0.3 is 19.9 Å². The monoisotopic (exact) mass is 387 g/mol. The first-order valence-electron chi connectivity index (χ1n) is 10.5. The second-order valence-corrected chi connectivity index (χ2v) is 8.30. The molecule has 0 bridgehead atoms. The van der Waals surface area contributed by atoms with Crippen LogP contribution in [-0.4, -0.2) is 62.0 Å². The van der Waals surface area contributed by atoms with Gasteiger partial charge in [-0.15, -0.1) is 0 Å². The number of amides is 2. The number of carbonyl (C=O) groups is 2. The predicted molar refractivity (Wildman–Crippen MR) is 111 cm³/mol. The summed E-state index contributed by atoms with van der Waals surface area (Å²) in [5.74, 6) is 1.41. The van der Waals surface area contributed by atoms with Crippen LogP contribution in [0.4, 0.5) is 5.69 Å². The molecule has 0 radical (unpaired) electrons. The number of hydrogen-bond acceptors (Lipinski definition) is 4. The zero-order chi connectivity index (χ0) is 19.9. The van der Waals surface area contributed by atoms with Crippen molar-refractivity contribution in [1.82, 2.24) is 9.80 Å². The molecule has 0 unspecified atom stereocenters. The SMILES string of the molecule is CN(C)CCN(CC1CCCCC1)C(=O)COc1ccc2c(c1)CCC(=O)N2. The van der Waals surface area contributed by atoms with Gasteiger partial charge in [0.1, 0.15) is 5.75 Å². The summed E-state index contributed by atoms with van der Waals surface area (Å²) in [7, 11) is 4.07. The van der Waals surface area contributed by atoms with Crippen molar-refractivity contribution in [3.63, 3.8) is 0 Å². The fraction of sp³-hybridized carbons (Fsp3) is 0.636. The molecule has 0 saturated heterocycles. The summed E-state index contributed by atoms with van der Waals surface area (Å²) in [6.07, 6.45) is 7.54. The van der Waals surface area contributed by atoms with Gasteiger partial charge >= 0.3 is 0 Å². The van der Waals surface area contributed by atoms with Crippen LogP contribution in [0.5, 0.6) is 5.75 Å². The maximum Gasteiger partial charge on any atom is 0.260 e. The molecule has 28 heavy (non-hydrogen) atoms. The molecule has 0 aromatic heterocycles. The lowest BCUT2D eigenvalue weighted by atomic mass is 9.89. The number of aryl methyl sites for hydroxylation is 1. The first kappa shape index (κ1) is 20.6. The van der Waals surface area contributed by atoms with Crippen LogP contribution in [0.3, 0.4) is 0 Å². The Kier molecular flexibility index (Phi) is 7.31. The van der Waals surface area contributed by atoms with Crippen molar-refractivity contribution in [2.24, 2.45) is 5.92 Å². The molecular formula is C22H33N3O3. The standard InChI is InChI=1S/C22H33N3O3/c1-24(2)12-13-25(15-17-6-4-3-5-7-17)22(27)16-28-19-9-10-20-18(14-19)8-11-21(26)23-20/h9-10,14,17H,3-8,11-13,15-16H2,1-2H3,(H,23,26). The Morgan fingerprint density at radius 2 is 1.93 bits per heavy atom. The fourth-order valence-electron chi connectivity index (χ4n) is 4.01. The molecule has 1 aromatic carbocycles. The highest BCUT2D eigenvalue weighted by Crippen LogP contribution is 2.27. The lowest BCUT2D eigenvalue weighted by Gasteiger charge is -2.30. The highest BCUT2D eigenvalue weighted by atomic mass is 16.5. The van der Waals surface area contributed by atoms with E-state index >= 15 is 0 Å². The van der Waals surface area contributed by atoms with Crippen molar-refractivity contribution < 1.29 is 14.3 Å². The van der Waals surface area contributed by atoms with E-state index in [9.17, 15) is 9.59 Å². The predicted octanol–water partition coefficient (Wildman–Crippen LogP) is 2.92. The number of ether oxygens (including phenoxy) is 1. The lowest BCUT2D eigenvalue weighted by molar-refractivity contribution is -0.134. The summed E-state index contributed by atoms with van der Waals surface area (Å²) in [5.41, 5.74) is 1.91. The number of hydrogen-bond donors (Lipinski definition) is 1. The quantitative estimate of drug-likeness (QED) is 0.745. The molecule has 1 N–H and O–H groups in total. The minimum atomic E-state index is 0.0515. The third kappa shape index (κ3) is 5.96. The summed E-state index contributed by atoms with van der Waals surface area (Å²) >= 11 is 0. The molecule has 1 aliphatic heterocycles. The molecule has 1 heterocycles. The highest BCUT2D eigenvalue weighted by molar-refractivity contribution is 5.94. The van der Waals surface area contributed by atoms with Crippen molar-refractivity contribution in [1.29, 1.82) is 0 Å². The van der Waals surface area contributed by atoms with E-state index in [0.717, 1.165) is 30.9 Å². The first-order valence-corrected chi connectivity index (χ1v) is 10.5. The third-order valence-electron chi connectivity index (χ3n) is 5.71. The maximum absolute atomic E-state index is 12.9. The van der Waals surface area contributed by atoms with Gasteiger partial charge in [0.15, 0.2) is 6.61 Å². The number of rotatable bonds is 8. The van der Waals surface area contributed by atoms with E-state index in [1.54, 1.807) is 0 Å². The van der Waals surface area contributed by atoms with Gasteiger partial charge in [-0.3, -0.25) is 9.59 Å². The number of nitrogens with zero attached hydrogens (tertiary/aromatic N) is 2. The van der Waals surface area contributed by atoms with E-state index in [2.05, 4.69) is 10.2 Å². The molecule has 1 aromatic rings. The van der Waals surface area contributed by atoms with E-state index in [4.69, 9.17) is 4.74 Å². The van der Waals surface area contributed by atoms with Crippen molar-refractivity contribution in [2.45, 2.75) is 44.9 Å². The van der Waals surface area contributed by atoms with Crippen LogP contribution in [-0.2, 0) is 16.0 Å². The summed E-state index contributed by atoms with van der Waals surface area (Å²) in [5, 5.41) is 2.87. The van der Waals surface area contributed by atoms with Crippen LogP contribution in [0.15, 0.2) is 18.2 Å². The summed E-state index contributed by atoms with van der Waals surface area (Å²) in [6.45, 7) is 2.50. The minimum Gasteiger partial charge on any atom is -0.484 e. The van der Waals surface area contributed by atoms with Gasteiger partial charge in [-0.05, 0) is 63.0 Å². The largest absolute Gasteiger partial charge is 0.484 e. The Bertz CT molecular complexity index is 684.